The molecule has 2 aliphatic rings. The third kappa shape index (κ3) is 2.40. The second kappa shape index (κ2) is 3.63. The second-order valence-electron chi connectivity index (χ2n) is 5.31. The van der Waals surface area contributed by atoms with E-state index >= 15 is 0 Å². The van der Waals surface area contributed by atoms with E-state index in [2.05, 4.69) is 12.2 Å². The summed E-state index contributed by atoms with van der Waals surface area (Å²) >= 11 is 0. The molecule has 15 heavy (non-hydrogen) atoms. The van der Waals surface area contributed by atoms with Gasteiger partial charge < -0.3 is 9.84 Å². The highest BCUT2D eigenvalue weighted by molar-refractivity contribution is 5.74. The van der Waals surface area contributed by atoms with Gasteiger partial charge in [0.2, 0.25) is 0 Å². The van der Waals surface area contributed by atoms with Crippen LogP contribution in [0.25, 0.3) is 0 Å². The highest BCUT2D eigenvalue weighted by Crippen LogP contribution is 2.43. The van der Waals surface area contributed by atoms with Gasteiger partial charge in [0.1, 0.15) is 6.61 Å². The van der Waals surface area contributed by atoms with Crippen molar-refractivity contribution in [1.82, 2.24) is 0 Å². The van der Waals surface area contributed by atoms with Crippen LogP contribution in [-0.4, -0.2) is 23.3 Å². The van der Waals surface area contributed by atoms with Gasteiger partial charge in [-0.05, 0) is 38.5 Å². The van der Waals surface area contributed by atoms with Gasteiger partial charge in [-0.15, -0.1) is 0 Å². The van der Waals surface area contributed by atoms with E-state index in [1.54, 1.807) is 13.8 Å². The van der Waals surface area contributed by atoms with Crippen LogP contribution >= 0.6 is 0 Å². The first-order valence-corrected chi connectivity index (χ1v) is 5.53. The lowest BCUT2D eigenvalue weighted by Gasteiger charge is -2.21. The predicted molar refractivity (Wildman–Crippen MR) is 56.1 cm³/mol. The molecule has 0 aromatic carbocycles. The molecule has 2 bridgehead atoms. The number of ether oxygens (including phenoxy) is 1. The van der Waals surface area contributed by atoms with E-state index in [1.165, 1.54) is 0 Å². The van der Waals surface area contributed by atoms with Gasteiger partial charge in [0.05, 0.1) is 11.5 Å². The minimum Gasteiger partial charge on any atom is -0.462 e. The predicted octanol–water partition coefficient (Wildman–Crippen LogP) is 1.51. The van der Waals surface area contributed by atoms with E-state index in [9.17, 15) is 9.90 Å². The summed E-state index contributed by atoms with van der Waals surface area (Å²) in [4.78, 5) is 11.7. The van der Waals surface area contributed by atoms with E-state index < -0.39 is 5.60 Å². The van der Waals surface area contributed by atoms with Gasteiger partial charge >= 0.3 is 5.97 Å². The lowest BCUT2D eigenvalue weighted by molar-refractivity contribution is -0.155. The second-order valence-corrected chi connectivity index (χ2v) is 5.31. The zero-order chi connectivity index (χ0) is 11.1. The normalized spacial score (nSPS) is 33.4. The fraction of sp³-hybridized carbons (Fsp3) is 0.750. The number of rotatable bonds is 3. The molecule has 2 aliphatic carbocycles. The minimum absolute atomic E-state index is 0.0300. The molecule has 1 fully saturated rings. The van der Waals surface area contributed by atoms with Crippen molar-refractivity contribution in [2.24, 2.45) is 17.8 Å². The zero-order valence-corrected chi connectivity index (χ0v) is 9.27. The third-order valence-corrected chi connectivity index (χ3v) is 3.15. The lowest BCUT2D eigenvalue weighted by atomic mass is 9.94. The summed E-state index contributed by atoms with van der Waals surface area (Å²) in [5.41, 5.74) is -0.927. The van der Waals surface area contributed by atoms with Crippen molar-refractivity contribution in [3.63, 3.8) is 0 Å². The summed E-state index contributed by atoms with van der Waals surface area (Å²) < 4.78 is 5.12. The molecule has 0 aromatic heterocycles. The van der Waals surface area contributed by atoms with Crippen molar-refractivity contribution < 1.29 is 14.6 Å². The Labute approximate surface area is 90.1 Å². The van der Waals surface area contributed by atoms with Gasteiger partial charge in [0.15, 0.2) is 0 Å². The zero-order valence-electron chi connectivity index (χ0n) is 9.27. The Bertz CT molecular complexity index is 288. The van der Waals surface area contributed by atoms with Crippen LogP contribution in [0.1, 0.15) is 26.7 Å². The maximum absolute atomic E-state index is 11.7. The van der Waals surface area contributed by atoms with Gasteiger partial charge in [-0.3, -0.25) is 4.79 Å². The molecule has 3 nitrogen and oxygen atoms in total. The third-order valence-electron chi connectivity index (χ3n) is 3.15. The molecule has 0 aliphatic heterocycles. The first kappa shape index (κ1) is 10.7. The molecule has 0 heterocycles. The van der Waals surface area contributed by atoms with Crippen LogP contribution in [0.2, 0.25) is 0 Å². The smallest absolute Gasteiger partial charge is 0.309 e. The van der Waals surface area contributed by atoms with Gasteiger partial charge in [-0.25, -0.2) is 0 Å². The van der Waals surface area contributed by atoms with E-state index in [4.69, 9.17) is 4.74 Å². The van der Waals surface area contributed by atoms with Crippen LogP contribution < -0.4 is 0 Å². The van der Waals surface area contributed by atoms with Gasteiger partial charge in [0, 0.05) is 0 Å². The summed E-state index contributed by atoms with van der Waals surface area (Å²) in [6.45, 7) is 3.37. The van der Waals surface area contributed by atoms with Crippen LogP contribution in [0, 0.1) is 17.8 Å². The van der Waals surface area contributed by atoms with Crippen molar-refractivity contribution in [1.29, 1.82) is 0 Å². The number of hydrogen-bond donors (Lipinski definition) is 1. The average Bonchev–Trinajstić information content (AvgIpc) is 2.73. The van der Waals surface area contributed by atoms with Crippen LogP contribution in [0.15, 0.2) is 12.2 Å². The topological polar surface area (TPSA) is 46.5 Å². The van der Waals surface area contributed by atoms with Crippen LogP contribution in [-0.2, 0) is 9.53 Å². The molecular formula is C12H18O3. The largest absolute Gasteiger partial charge is 0.462 e. The SMILES string of the molecule is CC(C)(O)COC(=O)C1CC2C=CC1C2. The van der Waals surface area contributed by atoms with E-state index in [1.807, 2.05) is 0 Å². The first-order valence-electron chi connectivity index (χ1n) is 5.53. The van der Waals surface area contributed by atoms with Crippen molar-refractivity contribution in [3.8, 4) is 0 Å². The summed E-state index contributed by atoms with van der Waals surface area (Å²) in [5.74, 6) is 0.843. The Kier molecular flexibility index (Phi) is 2.59. The minimum atomic E-state index is -0.927. The molecule has 0 amide bonds. The quantitative estimate of drug-likeness (QED) is 0.567. The number of carbonyl (C=O) groups is 1. The Morgan fingerprint density at radius 1 is 1.47 bits per heavy atom. The van der Waals surface area contributed by atoms with Crippen LogP contribution in [0.3, 0.4) is 0 Å². The fourth-order valence-corrected chi connectivity index (χ4v) is 2.41. The molecule has 3 atom stereocenters. The highest BCUT2D eigenvalue weighted by Gasteiger charge is 2.41. The molecule has 1 N–H and O–H groups in total. The molecule has 3 unspecified atom stereocenters. The summed E-state index contributed by atoms with van der Waals surface area (Å²) in [6.07, 6.45) is 6.35. The van der Waals surface area contributed by atoms with Crippen molar-refractivity contribution in [2.45, 2.75) is 32.3 Å². The standard InChI is InChI=1S/C12H18O3/c1-12(2,14)7-15-11(13)10-6-8-3-4-9(10)5-8/h3-4,8-10,14H,5-7H2,1-2H3. The first-order chi connectivity index (χ1) is 6.96. The maximum atomic E-state index is 11.7. The molecule has 0 saturated heterocycles. The molecule has 2 rings (SSSR count). The Balaban J connectivity index is 1.85. The molecule has 84 valence electrons. The van der Waals surface area contributed by atoms with E-state index in [0.29, 0.717) is 11.8 Å². The van der Waals surface area contributed by atoms with E-state index in [-0.39, 0.29) is 18.5 Å². The van der Waals surface area contributed by atoms with Gasteiger partial charge in [-0.2, -0.15) is 0 Å². The van der Waals surface area contributed by atoms with Crippen molar-refractivity contribution in [2.75, 3.05) is 6.61 Å². The number of carbonyl (C=O) groups excluding carboxylic acids is 1. The number of allylic oxidation sites excluding steroid dienone is 2. The molecule has 0 spiro atoms. The molecular weight excluding hydrogens is 192 g/mol. The van der Waals surface area contributed by atoms with Crippen molar-refractivity contribution >= 4 is 5.97 Å². The van der Waals surface area contributed by atoms with E-state index in [0.717, 1.165) is 12.8 Å². The summed E-state index contributed by atoms with van der Waals surface area (Å²) in [6, 6.07) is 0. The van der Waals surface area contributed by atoms with Crippen molar-refractivity contribution in [3.05, 3.63) is 12.2 Å². The Morgan fingerprint density at radius 3 is 2.67 bits per heavy atom. The molecule has 1 saturated carbocycles. The number of aliphatic hydroxyl groups is 1. The Morgan fingerprint density at radius 2 is 2.20 bits per heavy atom. The maximum Gasteiger partial charge on any atom is 0.309 e. The summed E-state index contributed by atoms with van der Waals surface area (Å²) in [7, 11) is 0. The number of hydrogen-bond acceptors (Lipinski definition) is 3. The van der Waals surface area contributed by atoms with Gasteiger partial charge in [-0.1, -0.05) is 12.2 Å². The molecule has 0 radical (unpaired) electrons. The van der Waals surface area contributed by atoms with Crippen LogP contribution in [0.5, 0.6) is 0 Å². The number of esters is 1. The monoisotopic (exact) mass is 210 g/mol. The molecule has 3 heteroatoms. The summed E-state index contributed by atoms with van der Waals surface area (Å²) in [5, 5.41) is 9.45. The number of fused-ring (bicyclic) bond motifs is 2. The van der Waals surface area contributed by atoms with Gasteiger partial charge in [0.25, 0.3) is 0 Å². The molecule has 0 aromatic rings. The Hall–Kier alpha value is -0.830. The van der Waals surface area contributed by atoms with Crippen LogP contribution in [0.4, 0.5) is 0 Å². The lowest BCUT2D eigenvalue weighted by Crippen LogP contribution is -2.31. The highest BCUT2D eigenvalue weighted by atomic mass is 16.5. The fourth-order valence-electron chi connectivity index (χ4n) is 2.41. The average molecular weight is 210 g/mol.